The Hall–Kier alpha value is -2.00. The van der Waals surface area contributed by atoms with Gasteiger partial charge in [-0.25, -0.2) is 0 Å². The highest BCUT2D eigenvalue weighted by molar-refractivity contribution is 6.33. The molecule has 2 N–H and O–H groups in total. The number of anilines is 1. The number of aromatic nitrogens is 1. The maximum atomic E-state index is 5.94. The van der Waals surface area contributed by atoms with Crippen molar-refractivity contribution in [1.82, 2.24) is 5.16 Å². The number of hydrogen-bond acceptors (Lipinski definition) is 3. The average molecular weight is 273 g/mol. The third-order valence-corrected chi connectivity index (χ3v) is 3.52. The summed E-state index contributed by atoms with van der Waals surface area (Å²) in [6.45, 7) is 4.07. The summed E-state index contributed by atoms with van der Waals surface area (Å²) in [6, 6.07) is 9.63. The zero-order valence-electron chi connectivity index (χ0n) is 10.7. The summed E-state index contributed by atoms with van der Waals surface area (Å²) in [5.41, 5.74) is 11.2. The van der Waals surface area contributed by atoms with Crippen LogP contribution in [-0.4, -0.2) is 5.16 Å². The van der Waals surface area contributed by atoms with Crippen molar-refractivity contribution in [3.63, 3.8) is 0 Å². The summed E-state index contributed by atoms with van der Waals surface area (Å²) in [6.07, 6.45) is 0. The molecule has 19 heavy (non-hydrogen) atoms. The molecular weight excluding hydrogens is 260 g/mol. The molecule has 0 radical (unpaired) electrons. The number of hydrogen-bond donors (Lipinski definition) is 1. The fourth-order valence-corrected chi connectivity index (χ4v) is 2.41. The first-order valence-corrected chi connectivity index (χ1v) is 6.36. The summed E-state index contributed by atoms with van der Waals surface area (Å²) >= 11 is 5.94. The molecule has 3 rings (SSSR count). The van der Waals surface area contributed by atoms with Crippen molar-refractivity contribution < 1.29 is 4.52 Å². The molecule has 0 aliphatic heterocycles. The molecule has 4 heteroatoms. The van der Waals surface area contributed by atoms with Crippen LogP contribution in [0.25, 0.3) is 22.2 Å². The topological polar surface area (TPSA) is 52.0 Å². The molecule has 0 spiro atoms. The highest BCUT2D eigenvalue weighted by Crippen LogP contribution is 2.33. The Bertz CT molecular complexity index is 777. The van der Waals surface area contributed by atoms with Crippen LogP contribution in [0.4, 0.5) is 5.69 Å². The first kappa shape index (κ1) is 12.1. The van der Waals surface area contributed by atoms with Crippen LogP contribution in [0.1, 0.15) is 11.1 Å². The van der Waals surface area contributed by atoms with Crippen molar-refractivity contribution in [2.75, 3.05) is 5.73 Å². The third kappa shape index (κ3) is 1.96. The lowest BCUT2D eigenvalue weighted by Gasteiger charge is -2.02. The van der Waals surface area contributed by atoms with E-state index in [2.05, 4.69) is 24.2 Å². The van der Waals surface area contributed by atoms with E-state index in [1.807, 2.05) is 19.1 Å². The molecule has 3 aromatic rings. The van der Waals surface area contributed by atoms with Crippen molar-refractivity contribution in [3.05, 3.63) is 46.5 Å². The standard InChI is InChI=1S/C15H13ClN2O/c1-8-5-9(2)15-11(6-8)14(18-19-15)10-3-4-12(16)13(17)7-10/h3-7H,17H2,1-2H3. The van der Waals surface area contributed by atoms with Crippen molar-refractivity contribution in [2.45, 2.75) is 13.8 Å². The number of halogens is 1. The Morgan fingerprint density at radius 3 is 2.68 bits per heavy atom. The highest BCUT2D eigenvalue weighted by atomic mass is 35.5. The predicted molar refractivity (Wildman–Crippen MR) is 78.3 cm³/mol. The molecule has 1 heterocycles. The van der Waals surface area contributed by atoms with Crippen molar-refractivity contribution in [2.24, 2.45) is 0 Å². The molecule has 0 aliphatic carbocycles. The molecule has 3 nitrogen and oxygen atoms in total. The van der Waals surface area contributed by atoms with Gasteiger partial charge in [0.25, 0.3) is 0 Å². The number of fused-ring (bicyclic) bond motifs is 1. The largest absolute Gasteiger partial charge is 0.398 e. The van der Waals surface area contributed by atoms with E-state index in [4.69, 9.17) is 21.9 Å². The molecule has 0 saturated heterocycles. The van der Waals surface area contributed by atoms with Gasteiger partial charge in [0, 0.05) is 5.56 Å². The summed E-state index contributed by atoms with van der Waals surface area (Å²) in [4.78, 5) is 0. The van der Waals surface area contributed by atoms with Crippen molar-refractivity contribution in [1.29, 1.82) is 0 Å². The van der Waals surface area contributed by atoms with E-state index in [1.54, 1.807) is 6.07 Å². The van der Waals surface area contributed by atoms with E-state index in [0.717, 1.165) is 27.8 Å². The van der Waals surface area contributed by atoms with Gasteiger partial charge in [-0.2, -0.15) is 0 Å². The second-order valence-corrected chi connectivity index (χ2v) is 5.13. The van der Waals surface area contributed by atoms with Crippen LogP contribution in [0.5, 0.6) is 0 Å². The van der Waals surface area contributed by atoms with Crippen LogP contribution in [0.2, 0.25) is 5.02 Å². The minimum Gasteiger partial charge on any atom is -0.398 e. The summed E-state index contributed by atoms with van der Waals surface area (Å²) in [7, 11) is 0. The van der Waals surface area contributed by atoms with Gasteiger partial charge < -0.3 is 10.3 Å². The Balaban J connectivity index is 2.28. The Kier molecular flexibility index (Phi) is 2.72. The fraction of sp³-hybridized carbons (Fsp3) is 0.133. The van der Waals surface area contributed by atoms with E-state index in [-0.39, 0.29) is 0 Å². The van der Waals surface area contributed by atoms with Gasteiger partial charge in [0.05, 0.1) is 16.1 Å². The third-order valence-electron chi connectivity index (χ3n) is 3.17. The van der Waals surface area contributed by atoms with Gasteiger partial charge in [-0.1, -0.05) is 28.9 Å². The predicted octanol–water partition coefficient (Wildman–Crippen LogP) is 4.35. The number of rotatable bonds is 1. The van der Waals surface area contributed by atoms with Crippen molar-refractivity contribution >= 4 is 28.3 Å². The van der Waals surface area contributed by atoms with Gasteiger partial charge in [-0.15, -0.1) is 0 Å². The zero-order chi connectivity index (χ0) is 13.6. The van der Waals surface area contributed by atoms with Crippen LogP contribution >= 0.6 is 11.6 Å². The monoisotopic (exact) mass is 272 g/mol. The van der Waals surface area contributed by atoms with Gasteiger partial charge in [0.15, 0.2) is 5.58 Å². The molecule has 96 valence electrons. The van der Waals surface area contributed by atoms with Gasteiger partial charge in [-0.3, -0.25) is 0 Å². The maximum absolute atomic E-state index is 5.94. The second kappa shape index (κ2) is 4.28. The van der Waals surface area contributed by atoms with Crippen LogP contribution < -0.4 is 5.73 Å². The number of benzene rings is 2. The fourth-order valence-electron chi connectivity index (χ4n) is 2.29. The van der Waals surface area contributed by atoms with Crippen molar-refractivity contribution in [3.8, 4) is 11.3 Å². The smallest absolute Gasteiger partial charge is 0.170 e. The van der Waals surface area contributed by atoms with E-state index < -0.39 is 0 Å². The Morgan fingerprint density at radius 2 is 1.95 bits per heavy atom. The van der Waals surface area contributed by atoms with E-state index in [1.165, 1.54) is 5.56 Å². The zero-order valence-corrected chi connectivity index (χ0v) is 11.5. The molecule has 0 atom stereocenters. The molecule has 0 amide bonds. The van der Waals surface area contributed by atoms with Gasteiger partial charge in [-0.05, 0) is 43.2 Å². The second-order valence-electron chi connectivity index (χ2n) is 4.73. The summed E-state index contributed by atoms with van der Waals surface area (Å²) < 4.78 is 5.44. The summed E-state index contributed by atoms with van der Waals surface area (Å²) in [5, 5.41) is 5.71. The minimum atomic E-state index is 0.541. The van der Waals surface area contributed by atoms with E-state index in [9.17, 15) is 0 Å². The molecule has 1 aromatic heterocycles. The number of nitrogens with two attached hydrogens (primary N) is 1. The average Bonchev–Trinajstić information content (AvgIpc) is 2.76. The van der Waals surface area contributed by atoms with E-state index in [0.29, 0.717) is 10.7 Å². The first-order chi connectivity index (χ1) is 9.06. The lowest BCUT2D eigenvalue weighted by molar-refractivity contribution is 0.458. The Labute approximate surface area is 116 Å². The van der Waals surface area contributed by atoms with Crippen LogP contribution in [0.15, 0.2) is 34.9 Å². The lowest BCUT2D eigenvalue weighted by atomic mass is 10.0. The number of aryl methyl sites for hydroxylation is 2. The minimum absolute atomic E-state index is 0.541. The molecule has 0 fully saturated rings. The van der Waals surface area contributed by atoms with Gasteiger partial charge >= 0.3 is 0 Å². The van der Waals surface area contributed by atoms with Crippen LogP contribution in [0, 0.1) is 13.8 Å². The molecule has 0 aliphatic rings. The van der Waals surface area contributed by atoms with Crippen LogP contribution in [0.3, 0.4) is 0 Å². The number of nitrogens with zero attached hydrogens (tertiary/aromatic N) is 1. The SMILES string of the molecule is Cc1cc(C)c2onc(-c3ccc(Cl)c(N)c3)c2c1. The maximum Gasteiger partial charge on any atom is 0.170 e. The first-order valence-electron chi connectivity index (χ1n) is 5.98. The quantitative estimate of drug-likeness (QED) is 0.670. The molecule has 0 unspecified atom stereocenters. The lowest BCUT2D eigenvalue weighted by Crippen LogP contribution is -1.88. The van der Waals surface area contributed by atoms with Gasteiger partial charge in [0.1, 0.15) is 5.69 Å². The van der Waals surface area contributed by atoms with Crippen LogP contribution in [-0.2, 0) is 0 Å². The molecule has 2 aromatic carbocycles. The summed E-state index contributed by atoms with van der Waals surface area (Å²) in [5.74, 6) is 0. The number of nitrogen functional groups attached to an aromatic ring is 1. The van der Waals surface area contributed by atoms with E-state index >= 15 is 0 Å². The van der Waals surface area contributed by atoms with Gasteiger partial charge in [0.2, 0.25) is 0 Å². The molecular formula is C15H13ClN2O. The Morgan fingerprint density at radius 1 is 1.16 bits per heavy atom. The normalized spacial score (nSPS) is 11.1. The highest BCUT2D eigenvalue weighted by Gasteiger charge is 2.13. The molecule has 0 saturated carbocycles. The molecule has 0 bridgehead atoms.